The summed E-state index contributed by atoms with van der Waals surface area (Å²) in [6, 6.07) is 5.25. The van der Waals surface area contributed by atoms with E-state index in [0.29, 0.717) is 17.2 Å². The van der Waals surface area contributed by atoms with Gasteiger partial charge < -0.3 is 9.84 Å². The van der Waals surface area contributed by atoms with E-state index in [0.717, 1.165) is 5.56 Å². The maximum Gasteiger partial charge on any atom is 0.125 e. The van der Waals surface area contributed by atoms with Crippen LogP contribution in [0.4, 0.5) is 0 Å². The van der Waals surface area contributed by atoms with Crippen LogP contribution in [0, 0.1) is 0 Å². The Hall–Kier alpha value is -0.730. The molecule has 0 aliphatic rings. The van der Waals surface area contributed by atoms with E-state index < -0.39 is 5.60 Å². The van der Waals surface area contributed by atoms with Gasteiger partial charge in [0.15, 0.2) is 0 Å². The summed E-state index contributed by atoms with van der Waals surface area (Å²) >= 11 is 5.87. The third kappa shape index (κ3) is 2.20. The van der Waals surface area contributed by atoms with Crippen molar-refractivity contribution >= 4 is 11.6 Å². The Bertz CT molecular complexity index is 321. The minimum Gasteiger partial charge on any atom is -0.496 e. The molecule has 3 heteroatoms. The molecule has 1 aromatic rings. The van der Waals surface area contributed by atoms with E-state index in [-0.39, 0.29) is 0 Å². The Morgan fingerprint density at radius 3 is 2.64 bits per heavy atom. The van der Waals surface area contributed by atoms with Crippen molar-refractivity contribution in [3.8, 4) is 5.75 Å². The summed E-state index contributed by atoms with van der Waals surface area (Å²) in [5.74, 6) is 0.668. The fourth-order valence-electron chi connectivity index (χ4n) is 1.29. The summed E-state index contributed by atoms with van der Waals surface area (Å²) in [7, 11) is 1.58. The lowest BCUT2D eigenvalue weighted by Gasteiger charge is -2.24. The first-order valence-electron chi connectivity index (χ1n) is 4.57. The summed E-state index contributed by atoms with van der Waals surface area (Å²) in [5.41, 5.74) is -0.161. The maximum absolute atomic E-state index is 10.1. The van der Waals surface area contributed by atoms with E-state index in [2.05, 4.69) is 0 Å². The lowest BCUT2D eigenvalue weighted by Crippen LogP contribution is -2.20. The molecule has 0 aromatic heterocycles. The highest BCUT2D eigenvalue weighted by Gasteiger charge is 2.24. The van der Waals surface area contributed by atoms with Crippen LogP contribution >= 0.6 is 11.6 Å². The third-order valence-corrected chi connectivity index (χ3v) is 2.67. The lowest BCUT2D eigenvalue weighted by molar-refractivity contribution is 0.0505. The second-order valence-corrected chi connectivity index (χ2v) is 3.91. The van der Waals surface area contributed by atoms with Gasteiger partial charge in [-0.25, -0.2) is 0 Å². The van der Waals surface area contributed by atoms with Crippen molar-refractivity contribution in [3.63, 3.8) is 0 Å². The zero-order valence-corrected chi connectivity index (χ0v) is 9.43. The molecule has 0 radical (unpaired) electrons. The summed E-state index contributed by atoms with van der Waals surface area (Å²) < 4.78 is 5.17. The van der Waals surface area contributed by atoms with Crippen LogP contribution in [-0.2, 0) is 5.60 Å². The molecule has 1 atom stereocenters. The Morgan fingerprint density at radius 1 is 1.50 bits per heavy atom. The first-order valence-corrected chi connectivity index (χ1v) is 4.95. The van der Waals surface area contributed by atoms with E-state index in [1.165, 1.54) is 0 Å². The van der Waals surface area contributed by atoms with Gasteiger partial charge in [-0.05, 0) is 31.5 Å². The van der Waals surface area contributed by atoms with Crippen LogP contribution in [0.3, 0.4) is 0 Å². The Balaban J connectivity index is 3.23. The number of benzene rings is 1. The van der Waals surface area contributed by atoms with Crippen LogP contribution in [0.1, 0.15) is 25.8 Å². The molecule has 0 heterocycles. The van der Waals surface area contributed by atoms with Crippen molar-refractivity contribution in [2.75, 3.05) is 7.11 Å². The number of aliphatic hydroxyl groups is 1. The average molecular weight is 215 g/mol. The number of hydrogen-bond acceptors (Lipinski definition) is 2. The molecule has 0 fully saturated rings. The van der Waals surface area contributed by atoms with Gasteiger partial charge in [-0.1, -0.05) is 18.5 Å². The molecule has 0 saturated carbocycles. The van der Waals surface area contributed by atoms with E-state index in [1.807, 2.05) is 6.92 Å². The molecular weight excluding hydrogens is 200 g/mol. The molecule has 1 unspecified atom stereocenters. The van der Waals surface area contributed by atoms with Crippen LogP contribution < -0.4 is 4.74 Å². The van der Waals surface area contributed by atoms with Crippen LogP contribution in [0.25, 0.3) is 0 Å². The van der Waals surface area contributed by atoms with Crippen molar-refractivity contribution in [2.45, 2.75) is 25.9 Å². The van der Waals surface area contributed by atoms with Crippen LogP contribution in [0.2, 0.25) is 5.02 Å². The fraction of sp³-hybridized carbons (Fsp3) is 0.455. The van der Waals surface area contributed by atoms with Crippen molar-refractivity contribution in [3.05, 3.63) is 28.8 Å². The van der Waals surface area contributed by atoms with Gasteiger partial charge in [-0.15, -0.1) is 0 Å². The van der Waals surface area contributed by atoms with Gasteiger partial charge in [-0.2, -0.15) is 0 Å². The van der Waals surface area contributed by atoms with E-state index >= 15 is 0 Å². The minimum atomic E-state index is -0.893. The quantitative estimate of drug-likeness (QED) is 0.839. The van der Waals surface area contributed by atoms with Gasteiger partial charge in [0.25, 0.3) is 0 Å². The molecule has 0 spiro atoms. The van der Waals surface area contributed by atoms with E-state index in [1.54, 1.807) is 32.2 Å². The smallest absolute Gasteiger partial charge is 0.125 e. The standard InChI is InChI=1S/C11H15ClO2/c1-4-11(2,13)9-7-8(12)5-6-10(9)14-3/h5-7,13H,4H2,1-3H3. The first-order chi connectivity index (χ1) is 6.51. The molecule has 2 nitrogen and oxygen atoms in total. The third-order valence-electron chi connectivity index (χ3n) is 2.43. The topological polar surface area (TPSA) is 29.5 Å². The molecular formula is C11H15ClO2. The van der Waals surface area contributed by atoms with Crippen LogP contribution in [0.5, 0.6) is 5.75 Å². The largest absolute Gasteiger partial charge is 0.496 e. The van der Waals surface area contributed by atoms with Gasteiger partial charge in [0.2, 0.25) is 0 Å². The Labute approximate surface area is 89.5 Å². The SMILES string of the molecule is CCC(C)(O)c1cc(Cl)ccc1OC. The van der Waals surface area contributed by atoms with Gasteiger partial charge in [-0.3, -0.25) is 0 Å². The monoisotopic (exact) mass is 214 g/mol. The molecule has 0 aliphatic heterocycles. The molecule has 0 amide bonds. The van der Waals surface area contributed by atoms with Crippen molar-refractivity contribution in [1.82, 2.24) is 0 Å². The van der Waals surface area contributed by atoms with Crippen LogP contribution in [-0.4, -0.2) is 12.2 Å². The molecule has 1 aromatic carbocycles. The molecule has 1 N–H and O–H groups in total. The molecule has 14 heavy (non-hydrogen) atoms. The van der Waals surface area contributed by atoms with Gasteiger partial charge in [0, 0.05) is 10.6 Å². The number of halogens is 1. The molecule has 1 rings (SSSR count). The first kappa shape index (κ1) is 11.3. The zero-order valence-electron chi connectivity index (χ0n) is 8.67. The predicted octanol–water partition coefficient (Wildman–Crippen LogP) is 2.97. The van der Waals surface area contributed by atoms with Gasteiger partial charge in [0.05, 0.1) is 12.7 Å². The van der Waals surface area contributed by atoms with E-state index in [4.69, 9.17) is 16.3 Å². The number of methoxy groups -OCH3 is 1. The summed E-state index contributed by atoms with van der Waals surface area (Å²) in [6.45, 7) is 3.67. The predicted molar refractivity (Wildman–Crippen MR) is 57.9 cm³/mol. The highest BCUT2D eigenvalue weighted by Crippen LogP contribution is 2.34. The van der Waals surface area contributed by atoms with Crippen molar-refractivity contribution < 1.29 is 9.84 Å². The average Bonchev–Trinajstić information content (AvgIpc) is 2.18. The number of hydrogen-bond donors (Lipinski definition) is 1. The number of rotatable bonds is 3. The summed E-state index contributed by atoms with van der Waals surface area (Å²) in [4.78, 5) is 0. The molecule has 0 aliphatic carbocycles. The van der Waals surface area contributed by atoms with Crippen LogP contribution in [0.15, 0.2) is 18.2 Å². The Morgan fingerprint density at radius 2 is 2.14 bits per heavy atom. The summed E-state index contributed by atoms with van der Waals surface area (Å²) in [5, 5.41) is 10.7. The second-order valence-electron chi connectivity index (χ2n) is 3.47. The second kappa shape index (κ2) is 4.20. The summed E-state index contributed by atoms with van der Waals surface area (Å²) in [6.07, 6.45) is 0.615. The Kier molecular flexibility index (Phi) is 3.40. The maximum atomic E-state index is 10.1. The molecule has 78 valence electrons. The highest BCUT2D eigenvalue weighted by atomic mass is 35.5. The zero-order chi connectivity index (χ0) is 10.8. The van der Waals surface area contributed by atoms with E-state index in [9.17, 15) is 5.11 Å². The molecule has 0 bridgehead atoms. The van der Waals surface area contributed by atoms with Crippen molar-refractivity contribution in [1.29, 1.82) is 0 Å². The van der Waals surface area contributed by atoms with Gasteiger partial charge >= 0.3 is 0 Å². The highest BCUT2D eigenvalue weighted by molar-refractivity contribution is 6.30. The van der Waals surface area contributed by atoms with Gasteiger partial charge in [0.1, 0.15) is 5.75 Å². The molecule has 0 saturated heterocycles. The lowest BCUT2D eigenvalue weighted by atomic mass is 9.92. The fourth-order valence-corrected chi connectivity index (χ4v) is 1.46. The number of ether oxygens (including phenoxy) is 1. The minimum absolute atomic E-state index is 0.606. The normalized spacial score (nSPS) is 14.9. The van der Waals surface area contributed by atoms with Crippen molar-refractivity contribution in [2.24, 2.45) is 0 Å².